The molecule has 0 radical (unpaired) electrons. The summed E-state index contributed by atoms with van der Waals surface area (Å²) in [6.07, 6.45) is 1.81. The second-order valence-corrected chi connectivity index (χ2v) is 9.39. The Labute approximate surface area is 197 Å². The molecule has 2 aliphatic heterocycles. The molecule has 1 saturated heterocycles. The van der Waals surface area contributed by atoms with Gasteiger partial charge >= 0.3 is 0 Å². The molecular weight excluding hydrogens is 436 g/mol. The molecule has 3 aromatic carbocycles. The van der Waals surface area contributed by atoms with E-state index in [-0.39, 0.29) is 17.2 Å². The highest BCUT2D eigenvalue weighted by Crippen LogP contribution is 2.67. The maximum Gasteiger partial charge on any atom is 0.256 e. The molecule has 2 fully saturated rings. The van der Waals surface area contributed by atoms with Crippen LogP contribution < -0.4 is 4.74 Å². The van der Waals surface area contributed by atoms with Crippen LogP contribution in [-0.2, 0) is 11.1 Å². The normalized spacial score (nSPS) is 22.2. The maximum absolute atomic E-state index is 14.0. The first-order chi connectivity index (χ1) is 16.0. The Bertz CT molecular complexity index is 1270. The van der Waals surface area contributed by atoms with E-state index < -0.39 is 5.66 Å². The zero-order chi connectivity index (χ0) is 22.8. The van der Waals surface area contributed by atoms with Crippen molar-refractivity contribution < 1.29 is 14.3 Å². The summed E-state index contributed by atoms with van der Waals surface area (Å²) in [5, 5.41) is 0.625. The van der Waals surface area contributed by atoms with Crippen LogP contribution in [0.4, 0.5) is 0 Å². The Balaban J connectivity index is 1.58. The Hall–Kier alpha value is -3.31. The Morgan fingerprint density at radius 3 is 2.30 bits per heavy atom. The molecule has 33 heavy (non-hydrogen) atoms. The van der Waals surface area contributed by atoms with E-state index in [1.807, 2.05) is 52.3 Å². The number of methoxy groups -OCH3 is 1. The number of halogens is 1. The molecule has 166 valence electrons. The molecule has 3 aromatic rings. The predicted octanol–water partition coefficient (Wildman–Crippen LogP) is 4.85. The fraction of sp³-hybridized carbons (Fsp3) is 0.259. The molecule has 1 spiro atoms. The van der Waals surface area contributed by atoms with Crippen molar-refractivity contribution in [1.82, 2.24) is 9.80 Å². The van der Waals surface area contributed by atoms with Crippen LogP contribution in [0.25, 0.3) is 0 Å². The fourth-order valence-electron chi connectivity index (χ4n) is 6.01. The summed E-state index contributed by atoms with van der Waals surface area (Å²) in [5.74, 6) is 0.583. The van der Waals surface area contributed by atoms with Gasteiger partial charge in [0, 0.05) is 34.7 Å². The Morgan fingerprint density at radius 1 is 0.939 bits per heavy atom. The fourth-order valence-corrected chi connectivity index (χ4v) is 6.13. The van der Waals surface area contributed by atoms with Gasteiger partial charge in [-0.15, -0.1) is 0 Å². The first-order valence-corrected chi connectivity index (χ1v) is 11.5. The van der Waals surface area contributed by atoms with E-state index in [9.17, 15) is 9.59 Å². The summed E-state index contributed by atoms with van der Waals surface area (Å²) >= 11 is 6.24. The minimum Gasteiger partial charge on any atom is -0.497 e. The van der Waals surface area contributed by atoms with Crippen LogP contribution in [0.2, 0.25) is 5.02 Å². The van der Waals surface area contributed by atoms with Crippen LogP contribution >= 0.6 is 11.6 Å². The zero-order valence-corrected chi connectivity index (χ0v) is 19.0. The summed E-state index contributed by atoms with van der Waals surface area (Å²) in [6.45, 7) is 0.953. The lowest BCUT2D eigenvalue weighted by molar-refractivity contribution is -0.0164. The molecule has 1 aliphatic carbocycles. The highest BCUT2D eigenvalue weighted by molar-refractivity contribution is 6.30. The number of benzene rings is 3. The number of hydrogen-bond donors (Lipinski definition) is 0. The summed E-state index contributed by atoms with van der Waals surface area (Å²) in [5.41, 5.74) is 2.05. The summed E-state index contributed by atoms with van der Waals surface area (Å²) in [7, 11) is 1.60. The van der Waals surface area contributed by atoms with Crippen LogP contribution in [0.5, 0.6) is 5.75 Å². The van der Waals surface area contributed by atoms with E-state index in [0.29, 0.717) is 29.4 Å². The monoisotopic (exact) mass is 458 g/mol. The van der Waals surface area contributed by atoms with E-state index >= 15 is 0 Å². The largest absolute Gasteiger partial charge is 0.497 e. The lowest BCUT2D eigenvalue weighted by atomic mass is 9.71. The molecular formula is C27H23ClN2O3. The van der Waals surface area contributed by atoms with Gasteiger partial charge in [0.1, 0.15) is 5.75 Å². The number of carbonyl (C=O) groups excluding carboxylic acids is 2. The van der Waals surface area contributed by atoms with Crippen LogP contribution in [0.3, 0.4) is 0 Å². The molecule has 5 nitrogen and oxygen atoms in total. The molecule has 1 unspecified atom stereocenters. The van der Waals surface area contributed by atoms with Crippen molar-refractivity contribution in [1.29, 1.82) is 0 Å². The van der Waals surface area contributed by atoms with Gasteiger partial charge in [-0.2, -0.15) is 0 Å². The van der Waals surface area contributed by atoms with E-state index in [2.05, 4.69) is 6.07 Å². The van der Waals surface area contributed by atoms with Crippen LogP contribution in [0.1, 0.15) is 44.7 Å². The van der Waals surface area contributed by atoms with Gasteiger partial charge in [0.15, 0.2) is 5.66 Å². The van der Waals surface area contributed by atoms with Gasteiger partial charge in [0.2, 0.25) is 0 Å². The smallest absolute Gasteiger partial charge is 0.256 e. The third-order valence-electron chi connectivity index (χ3n) is 7.49. The Morgan fingerprint density at radius 2 is 1.64 bits per heavy atom. The molecule has 0 bridgehead atoms. The molecule has 0 aromatic heterocycles. The molecule has 1 atom stereocenters. The molecule has 2 heterocycles. The van der Waals surface area contributed by atoms with Gasteiger partial charge in [0.25, 0.3) is 11.8 Å². The first kappa shape index (κ1) is 20.3. The molecule has 2 amide bonds. The summed E-state index contributed by atoms with van der Waals surface area (Å²) in [4.78, 5) is 31.6. The zero-order valence-electron chi connectivity index (χ0n) is 18.3. The number of carbonyl (C=O) groups is 2. The number of nitrogens with zero attached hydrogens (tertiary/aromatic N) is 2. The first-order valence-electron chi connectivity index (χ1n) is 11.2. The quantitative estimate of drug-likeness (QED) is 0.564. The summed E-state index contributed by atoms with van der Waals surface area (Å²) < 4.78 is 5.27. The van der Waals surface area contributed by atoms with Crippen molar-refractivity contribution >= 4 is 23.4 Å². The van der Waals surface area contributed by atoms with Gasteiger partial charge in [-0.1, -0.05) is 41.9 Å². The van der Waals surface area contributed by atoms with E-state index in [0.717, 1.165) is 29.5 Å². The van der Waals surface area contributed by atoms with Gasteiger partial charge in [-0.3, -0.25) is 9.59 Å². The third kappa shape index (κ3) is 2.60. The highest BCUT2D eigenvalue weighted by atomic mass is 35.5. The number of rotatable bonds is 3. The minimum atomic E-state index is -0.889. The topological polar surface area (TPSA) is 49.9 Å². The molecule has 6 rings (SSSR count). The van der Waals surface area contributed by atoms with Crippen LogP contribution in [-0.4, -0.2) is 41.8 Å². The molecule has 0 N–H and O–H groups in total. The van der Waals surface area contributed by atoms with Crippen molar-refractivity contribution in [3.63, 3.8) is 0 Å². The van der Waals surface area contributed by atoms with Gasteiger partial charge in [0.05, 0.1) is 7.11 Å². The lowest BCUT2D eigenvalue weighted by Gasteiger charge is -2.53. The van der Waals surface area contributed by atoms with Crippen molar-refractivity contribution in [3.8, 4) is 5.75 Å². The van der Waals surface area contributed by atoms with Crippen molar-refractivity contribution in [2.24, 2.45) is 0 Å². The SMILES string of the molecule is COc1ccc(C(=O)N2CCN3C(=O)c4ccccc4C4(CC4)C23c2ccc(Cl)cc2)cc1. The Kier molecular flexibility index (Phi) is 4.36. The number of fused-ring (bicyclic) bond motifs is 4. The van der Waals surface area contributed by atoms with Crippen molar-refractivity contribution in [2.45, 2.75) is 23.9 Å². The average Bonchev–Trinajstić information content (AvgIpc) is 3.56. The standard InChI is InChI=1S/C27H23ClN2O3/c1-33-21-12-6-18(7-13-21)24(31)29-16-17-30-25(32)22-4-2-3-5-23(22)26(14-15-26)27(29,30)19-8-10-20(28)11-9-19/h2-13H,14-17H2,1H3. The third-order valence-corrected chi connectivity index (χ3v) is 7.74. The second-order valence-electron chi connectivity index (χ2n) is 8.95. The lowest BCUT2D eigenvalue weighted by Crippen LogP contribution is -2.64. The molecule has 6 heteroatoms. The number of ether oxygens (including phenoxy) is 1. The molecule has 3 aliphatic rings. The van der Waals surface area contributed by atoms with E-state index in [1.54, 1.807) is 31.4 Å². The maximum atomic E-state index is 14.0. The van der Waals surface area contributed by atoms with E-state index in [1.165, 1.54) is 0 Å². The number of amides is 2. The number of hydrogen-bond acceptors (Lipinski definition) is 3. The van der Waals surface area contributed by atoms with Crippen LogP contribution in [0.15, 0.2) is 72.8 Å². The van der Waals surface area contributed by atoms with Crippen molar-refractivity contribution in [2.75, 3.05) is 20.2 Å². The van der Waals surface area contributed by atoms with Gasteiger partial charge < -0.3 is 14.5 Å². The minimum absolute atomic E-state index is 0.0249. The van der Waals surface area contributed by atoms with Gasteiger partial charge in [-0.25, -0.2) is 0 Å². The summed E-state index contributed by atoms with van der Waals surface area (Å²) in [6, 6.07) is 22.7. The van der Waals surface area contributed by atoms with Crippen molar-refractivity contribution in [3.05, 3.63) is 100 Å². The van der Waals surface area contributed by atoms with Gasteiger partial charge in [-0.05, 0) is 66.4 Å². The highest BCUT2D eigenvalue weighted by Gasteiger charge is 2.73. The average molecular weight is 459 g/mol. The van der Waals surface area contributed by atoms with E-state index in [4.69, 9.17) is 16.3 Å². The predicted molar refractivity (Wildman–Crippen MR) is 126 cm³/mol. The second kappa shape index (κ2) is 7.09. The van der Waals surface area contributed by atoms with Crippen LogP contribution in [0, 0.1) is 0 Å². The molecule has 1 saturated carbocycles.